The highest BCUT2D eigenvalue weighted by molar-refractivity contribution is 5.78. The number of aromatic nitrogens is 2. The van der Waals surface area contributed by atoms with Crippen LogP contribution in [0.25, 0.3) is 11.1 Å². The van der Waals surface area contributed by atoms with Crippen LogP contribution in [0.4, 0.5) is 0 Å². The minimum Gasteiger partial charge on any atom is -0.497 e. The van der Waals surface area contributed by atoms with E-state index >= 15 is 0 Å². The van der Waals surface area contributed by atoms with E-state index in [1.165, 1.54) is 0 Å². The molecule has 3 aromatic rings. The van der Waals surface area contributed by atoms with Gasteiger partial charge in [0.25, 0.3) is 5.56 Å². The second-order valence-electron chi connectivity index (χ2n) is 7.97. The predicted molar refractivity (Wildman–Crippen MR) is 122 cm³/mol. The number of rotatable bonds is 5. The maximum absolute atomic E-state index is 12.5. The van der Waals surface area contributed by atoms with Gasteiger partial charge in [-0.1, -0.05) is 12.1 Å². The Morgan fingerprint density at radius 1 is 1.19 bits per heavy atom. The summed E-state index contributed by atoms with van der Waals surface area (Å²) in [6, 6.07) is 11.3. The summed E-state index contributed by atoms with van der Waals surface area (Å²) in [7, 11) is 3.34. The zero-order valence-electron chi connectivity index (χ0n) is 18.7. The second-order valence-corrected chi connectivity index (χ2v) is 7.97. The SMILES string of the molecule is CCNC(=O)C[C@@H]1O[C@@H](c2ccc(C)cn2)c2cc(OC)ccc2-c2cn(C)c(=O)cc21. The number of hydrogen-bond donors (Lipinski definition) is 1. The Morgan fingerprint density at radius 3 is 2.69 bits per heavy atom. The van der Waals surface area contributed by atoms with Crippen LogP contribution in [0.1, 0.15) is 47.9 Å². The molecule has 0 spiro atoms. The first-order valence-corrected chi connectivity index (χ1v) is 10.6. The summed E-state index contributed by atoms with van der Waals surface area (Å²) in [6.45, 7) is 4.37. The molecule has 1 N–H and O–H groups in total. The van der Waals surface area contributed by atoms with Gasteiger partial charge in [0.15, 0.2) is 0 Å². The lowest BCUT2D eigenvalue weighted by Gasteiger charge is -2.23. The number of fused-ring (bicyclic) bond motifs is 3. The van der Waals surface area contributed by atoms with Gasteiger partial charge in [0.05, 0.1) is 25.3 Å². The fourth-order valence-electron chi connectivity index (χ4n) is 4.04. The standard InChI is InChI=1S/C25H27N3O4/c1-5-26-23(29)12-22-18-11-24(30)28(3)14-20(18)17-8-7-16(31-4)10-19(17)25(32-22)21-9-6-15(2)13-27-21/h6-11,13-14,22,25H,5,12H2,1-4H3,(H,26,29)/t22-,25+/m0/s1. The number of hydrogen-bond acceptors (Lipinski definition) is 5. The van der Waals surface area contributed by atoms with Crippen molar-refractivity contribution in [1.29, 1.82) is 0 Å². The van der Waals surface area contributed by atoms with Crippen LogP contribution in [0.2, 0.25) is 0 Å². The van der Waals surface area contributed by atoms with Crippen molar-refractivity contribution in [3.05, 3.63) is 81.5 Å². The maximum Gasteiger partial charge on any atom is 0.250 e. The van der Waals surface area contributed by atoms with Crippen molar-refractivity contribution in [3.63, 3.8) is 0 Å². The molecule has 166 valence electrons. The van der Waals surface area contributed by atoms with E-state index in [1.807, 2.05) is 50.4 Å². The van der Waals surface area contributed by atoms with Crippen molar-refractivity contribution in [3.8, 4) is 16.9 Å². The Hall–Kier alpha value is -3.45. The third-order valence-corrected chi connectivity index (χ3v) is 5.69. The largest absolute Gasteiger partial charge is 0.497 e. The molecule has 0 saturated carbocycles. The molecule has 2 aromatic heterocycles. The van der Waals surface area contributed by atoms with E-state index in [0.717, 1.165) is 27.9 Å². The number of aryl methyl sites for hydroxylation is 2. The molecule has 3 heterocycles. The molecule has 1 aromatic carbocycles. The van der Waals surface area contributed by atoms with Crippen molar-refractivity contribution in [1.82, 2.24) is 14.9 Å². The van der Waals surface area contributed by atoms with Crippen LogP contribution < -0.4 is 15.6 Å². The van der Waals surface area contributed by atoms with Gasteiger partial charge in [-0.25, -0.2) is 0 Å². The summed E-state index contributed by atoms with van der Waals surface area (Å²) < 4.78 is 13.6. The Kier molecular flexibility index (Phi) is 6.10. The van der Waals surface area contributed by atoms with Gasteiger partial charge >= 0.3 is 0 Å². The molecular formula is C25H27N3O4. The number of amides is 1. The number of carbonyl (C=O) groups excluding carboxylic acids is 1. The van der Waals surface area contributed by atoms with Crippen LogP contribution in [0.15, 0.2) is 53.6 Å². The van der Waals surface area contributed by atoms with E-state index in [0.29, 0.717) is 17.9 Å². The van der Waals surface area contributed by atoms with Gasteiger partial charge in [0, 0.05) is 37.6 Å². The summed E-state index contributed by atoms with van der Waals surface area (Å²) in [6.07, 6.45) is 2.55. The first-order chi connectivity index (χ1) is 15.4. The molecule has 0 aliphatic carbocycles. The molecule has 0 saturated heterocycles. The van der Waals surface area contributed by atoms with Gasteiger partial charge in [-0.15, -0.1) is 0 Å². The van der Waals surface area contributed by atoms with Crippen LogP contribution >= 0.6 is 0 Å². The number of pyridine rings is 2. The summed E-state index contributed by atoms with van der Waals surface area (Å²) >= 11 is 0. The Labute approximate surface area is 187 Å². The highest BCUT2D eigenvalue weighted by atomic mass is 16.5. The van der Waals surface area contributed by atoms with Crippen LogP contribution in [0.5, 0.6) is 5.75 Å². The van der Waals surface area contributed by atoms with Crippen molar-refractivity contribution in [2.75, 3.05) is 13.7 Å². The number of methoxy groups -OCH3 is 1. The predicted octanol–water partition coefficient (Wildman–Crippen LogP) is 3.45. The third kappa shape index (κ3) is 4.16. The van der Waals surface area contributed by atoms with Crippen LogP contribution in [-0.2, 0) is 16.6 Å². The molecular weight excluding hydrogens is 406 g/mol. The first-order valence-electron chi connectivity index (χ1n) is 10.6. The number of ether oxygens (including phenoxy) is 2. The number of nitrogens with zero attached hydrogens (tertiary/aromatic N) is 2. The first kappa shape index (κ1) is 21.8. The fraction of sp³-hybridized carbons (Fsp3) is 0.320. The van der Waals surface area contributed by atoms with Gasteiger partial charge < -0.3 is 19.4 Å². The molecule has 0 radical (unpaired) electrons. The minimum absolute atomic E-state index is 0.0987. The molecule has 32 heavy (non-hydrogen) atoms. The summed E-state index contributed by atoms with van der Waals surface area (Å²) in [5, 5.41) is 2.83. The Balaban J connectivity index is 1.95. The Bertz CT molecular complexity index is 1200. The number of benzene rings is 1. The Morgan fingerprint density at radius 2 is 2.00 bits per heavy atom. The summed E-state index contributed by atoms with van der Waals surface area (Å²) in [4.78, 5) is 29.7. The highest BCUT2D eigenvalue weighted by Crippen LogP contribution is 2.45. The average Bonchev–Trinajstić information content (AvgIpc) is 2.90. The van der Waals surface area contributed by atoms with E-state index in [9.17, 15) is 9.59 Å². The van der Waals surface area contributed by atoms with Crippen LogP contribution in [0.3, 0.4) is 0 Å². The number of carbonyl (C=O) groups is 1. The third-order valence-electron chi connectivity index (χ3n) is 5.69. The molecule has 0 fully saturated rings. The van der Waals surface area contributed by atoms with Gasteiger partial charge in [0.2, 0.25) is 5.91 Å². The minimum atomic E-state index is -0.614. The lowest BCUT2D eigenvalue weighted by atomic mass is 9.92. The van der Waals surface area contributed by atoms with E-state index in [4.69, 9.17) is 9.47 Å². The van der Waals surface area contributed by atoms with E-state index in [-0.39, 0.29) is 17.9 Å². The molecule has 0 unspecified atom stereocenters. The lowest BCUT2D eigenvalue weighted by Crippen LogP contribution is -2.26. The normalized spacial score (nSPS) is 17.1. The lowest BCUT2D eigenvalue weighted by molar-refractivity contribution is -0.125. The van der Waals surface area contributed by atoms with E-state index in [2.05, 4.69) is 10.3 Å². The molecule has 2 atom stereocenters. The van der Waals surface area contributed by atoms with Gasteiger partial charge in [-0.2, -0.15) is 0 Å². The topological polar surface area (TPSA) is 82.4 Å². The smallest absolute Gasteiger partial charge is 0.250 e. The molecule has 1 amide bonds. The summed E-state index contributed by atoms with van der Waals surface area (Å²) in [5.41, 5.74) is 4.95. The molecule has 7 heteroatoms. The second kappa shape index (κ2) is 8.96. The van der Waals surface area contributed by atoms with Crippen LogP contribution in [0, 0.1) is 6.92 Å². The zero-order valence-corrected chi connectivity index (χ0v) is 18.7. The van der Waals surface area contributed by atoms with Gasteiger partial charge in [0.1, 0.15) is 11.9 Å². The highest BCUT2D eigenvalue weighted by Gasteiger charge is 2.33. The number of nitrogens with one attached hydrogen (secondary N) is 1. The zero-order chi connectivity index (χ0) is 22.8. The molecule has 1 aliphatic rings. The quantitative estimate of drug-likeness (QED) is 0.666. The van der Waals surface area contributed by atoms with Crippen LogP contribution in [-0.4, -0.2) is 29.1 Å². The molecule has 4 rings (SSSR count). The van der Waals surface area contributed by atoms with Crippen molar-refractivity contribution < 1.29 is 14.3 Å². The van der Waals surface area contributed by atoms with Crippen molar-refractivity contribution in [2.24, 2.45) is 7.05 Å². The molecule has 7 nitrogen and oxygen atoms in total. The summed E-state index contributed by atoms with van der Waals surface area (Å²) in [5.74, 6) is 0.557. The monoisotopic (exact) mass is 433 g/mol. The van der Waals surface area contributed by atoms with Crippen molar-refractivity contribution >= 4 is 5.91 Å². The maximum atomic E-state index is 12.5. The fourth-order valence-corrected chi connectivity index (χ4v) is 4.04. The molecule has 0 bridgehead atoms. The van der Waals surface area contributed by atoms with Gasteiger partial charge in [-0.05, 0) is 54.3 Å². The average molecular weight is 434 g/mol. The van der Waals surface area contributed by atoms with Gasteiger partial charge in [-0.3, -0.25) is 14.6 Å². The molecule has 1 aliphatic heterocycles. The van der Waals surface area contributed by atoms with Crippen molar-refractivity contribution in [2.45, 2.75) is 32.5 Å². The van der Waals surface area contributed by atoms with E-state index in [1.54, 1.807) is 31.0 Å². The van der Waals surface area contributed by atoms with E-state index < -0.39 is 12.2 Å².